The molecule has 1 aromatic carbocycles. The van der Waals surface area contributed by atoms with Crippen LogP contribution in [-0.4, -0.2) is 9.97 Å². The van der Waals surface area contributed by atoms with Crippen molar-refractivity contribution in [2.75, 3.05) is 0 Å². The molecule has 1 atom stereocenters. The fourth-order valence-electron chi connectivity index (χ4n) is 1.59. The molecule has 0 aliphatic carbocycles. The number of nitrogens with two attached hydrogens (primary N) is 1. The minimum Gasteiger partial charge on any atom is -0.323 e. The summed E-state index contributed by atoms with van der Waals surface area (Å²) in [5.41, 5.74) is 7.60. The number of aryl methyl sites for hydroxylation is 1. The molecule has 78 valence electrons. The van der Waals surface area contributed by atoms with E-state index in [9.17, 15) is 0 Å². The molecule has 0 saturated carbocycles. The molecule has 0 aliphatic heterocycles. The van der Waals surface area contributed by atoms with Crippen molar-refractivity contribution in [2.24, 2.45) is 5.73 Å². The molecule has 2 rings (SSSR count). The van der Waals surface area contributed by atoms with Crippen LogP contribution in [0.4, 0.5) is 0 Å². The lowest BCUT2D eigenvalue weighted by molar-refractivity contribution is 0.779. The summed E-state index contributed by atoms with van der Waals surface area (Å²) >= 11 is 5.94. The summed E-state index contributed by atoms with van der Waals surface area (Å²) in [6.07, 6.45) is 0. The van der Waals surface area contributed by atoms with Crippen LogP contribution in [0.2, 0.25) is 5.02 Å². The van der Waals surface area contributed by atoms with E-state index in [0.29, 0.717) is 5.02 Å². The SMILES string of the molecule is Cc1nc(C(C)N)c2cc(Cl)ccc2n1. The average Bonchev–Trinajstić information content (AvgIpc) is 2.17. The third-order valence-corrected chi connectivity index (χ3v) is 2.47. The summed E-state index contributed by atoms with van der Waals surface area (Å²) < 4.78 is 0. The summed E-state index contributed by atoms with van der Waals surface area (Å²) in [4.78, 5) is 8.68. The molecule has 0 fully saturated rings. The van der Waals surface area contributed by atoms with E-state index in [1.165, 1.54) is 0 Å². The predicted molar refractivity (Wildman–Crippen MR) is 61.9 cm³/mol. The highest BCUT2D eigenvalue weighted by atomic mass is 35.5. The van der Waals surface area contributed by atoms with E-state index in [4.69, 9.17) is 17.3 Å². The third kappa shape index (κ3) is 1.94. The Morgan fingerprint density at radius 3 is 2.73 bits per heavy atom. The molecule has 0 radical (unpaired) electrons. The smallest absolute Gasteiger partial charge is 0.126 e. The van der Waals surface area contributed by atoms with Gasteiger partial charge in [-0.15, -0.1) is 0 Å². The van der Waals surface area contributed by atoms with Gasteiger partial charge in [-0.05, 0) is 32.0 Å². The van der Waals surface area contributed by atoms with Gasteiger partial charge in [-0.1, -0.05) is 11.6 Å². The number of benzene rings is 1. The second-order valence-electron chi connectivity index (χ2n) is 3.61. The molecular formula is C11H12ClN3. The van der Waals surface area contributed by atoms with Crippen LogP contribution < -0.4 is 5.73 Å². The zero-order chi connectivity index (χ0) is 11.0. The quantitative estimate of drug-likeness (QED) is 0.806. The summed E-state index contributed by atoms with van der Waals surface area (Å²) in [5, 5.41) is 1.61. The number of aromatic nitrogens is 2. The Hall–Kier alpha value is -1.19. The molecule has 0 bridgehead atoms. The van der Waals surface area contributed by atoms with Crippen LogP contribution in [0, 0.1) is 6.92 Å². The zero-order valence-electron chi connectivity index (χ0n) is 8.66. The van der Waals surface area contributed by atoms with Crippen LogP contribution in [0.15, 0.2) is 18.2 Å². The zero-order valence-corrected chi connectivity index (χ0v) is 9.42. The number of halogens is 1. The second-order valence-corrected chi connectivity index (χ2v) is 4.04. The second kappa shape index (κ2) is 3.76. The molecule has 2 N–H and O–H groups in total. The van der Waals surface area contributed by atoms with E-state index in [1.807, 2.05) is 32.0 Å². The molecular weight excluding hydrogens is 210 g/mol. The maximum Gasteiger partial charge on any atom is 0.126 e. The van der Waals surface area contributed by atoms with Gasteiger partial charge in [-0.3, -0.25) is 0 Å². The third-order valence-electron chi connectivity index (χ3n) is 2.23. The van der Waals surface area contributed by atoms with Gasteiger partial charge in [0.05, 0.1) is 11.2 Å². The van der Waals surface area contributed by atoms with Gasteiger partial charge in [0.2, 0.25) is 0 Å². The Morgan fingerprint density at radius 1 is 1.33 bits per heavy atom. The van der Waals surface area contributed by atoms with E-state index in [1.54, 1.807) is 0 Å². The molecule has 4 heteroatoms. The summed E-state index contributed by atoms with van der Waals surface area (Å²) in [7, 11) is 0. The highest BCUT2D eigenvalue weighted by molar-refractivity contribution is 6.31. The van der Waals surface area contributed by atoms with Gasteiger partial charge in [0.15, 0.2) is 0 Å². The molecule has 1 aromatic heterocycles. The number of hydrogen-bond donors (Lipinski definition) is 1. The van der Waals surface area contributed by atoms with Gasteiger partial charge in [-0.25, -0.2) is 9.97 Å². The molecule has 0 amide bonds. The maximum absolute atomic E-state index is 5.94. The minimum atomic E-state index is -0.118. The normalized spacial score (nSPS) is 13.1. The summed E-state index contributed by atoms with van der Waals surface area (Å²) in [6.45, 7) is 3.77. The Kier molecular flexibility index (Phi) is 2.59. The van der Waals surface area contributed by atoms with Gasteiger partial charge in [0.1, 0.15) is 5.82 Å². The van der Waals surface area contributed by atoms with Crippen LogP contribution in [0.5, 0.6) is 0 Å². The van der Waals surface area contributed by atoms with Gasteiger partial charge in [-0.2, -0.15) is 0 Å². The first-order valence-corrected chi connectivity index (χ1v) is 5.15. The van der Waals surface area contributed by atoms with Crippen LogP contribution >= 0.6 is 11.6 Å². The van der Waals surface area contributed by atoms with Gasteiger partial charge >= 0.3 is 0 Å². The molecule has 3 nitrogen and oxygen atoms in total. The fraction of sp³-hybridized carbons (Fsp3) is 0.273. The molecule has 2 aromatic rings. The maximum atomic E-state index is 5.94. The van der Waals surface area contributed by atoms with Gasteiger partial charge in [0.25, 0.3) is 0 Å². The van der Waals surface area contributed by atoms with Crippen LogP contribution in [0.3, 0.4) is 0 Å². The number of rotatable bonds is 1. The van der Waals surface area contributed by atoms with Crippen molar-refractivity contribution >= 4 is 22.5 Å². The van der Waals surface area contributed by atoms with Crippen molar-refractivity contribution in [1.82, 2.24) is 9.97 Å². The molecule has 0 saturated heterocycles. The van der Waals surface area contributed by atoms with E-state index in [-0.39, 0.29) is 6.04 Å². The lowest BCUT2D eigenvalue weighted by Gasteiger charge is -2.09. The van der Waals surface area contributed by atoms with Crippen LogP contribution in [0.25, 0.3) is 10.9 Å². The van der Waals surface area contributed by atoms with E-state index in [2.05, 4.69) is 9.97 Å². The van der Waals surface area contributed by atoms with Crippen LogP contribution in [0.1, 0.15) is 24.5 Å². The molecule has 1 heterocycles. The van der Waals surface area contributed by atoms with Gasteiger partial charge in [0, 0.05) is 16.5 Å². The fourth-order valence-corrected chi connectivity index (χ4v) is 1.76. The molecule has 0 spiro atoms. The van der Waals surface area contributed by atoms with Crippen molar-refractivity contribution in [3.05, 3.63) is 34.7 Å². The molecule has 15 heavy (non-hydrogen) atoms. The highest BCUT2D eigenvalue weighted by Gasteiger charge is 2.09. The average molecular weight is 222 g/mol. The van der Waals surface area contributed by atoms with E-state index < -0.39 is 0 Å². The molecule has 1 unspecified atom stereocenters. The Balaban J connectivity index is 2.81. The first kappa shape index (κ1) is 10.3. The standard InChI is InChI=1S/C11H12ClN3/c1-6(13)11-9-5-8(12)3-4-10(9)14-7(2)15-11/h3-6H,13H2,1-2H3. The van der Waals surface area contributed by atoms with Crippen molar-refractivity contribution in [1.29, 1.82) is 0 Å². The summed E-state index contributed by atoms with van der Waals surface area (Å²) in [6, 6.07) is 5.45. The number of nitrogens with zero attached hydrogens (tertiary/aromatic N) is 2. The minimum absolute atomic E-state index is 0.118. The van der Waals surface area contributed by atoms with E-state index in [0.717, 1.165) is 22.4 Å². The van der Waals surface area contributed by atoms with Crippen molar-refractivity contribution in [3.8, 4) is 0 Å². The lowest BCUT2D eigenvalue weighted by atomic mass is 10.1. The van der Waals surface area contributed by atoms with E-state index >= 15 is 0 Å². The predicted octanol–water partition coefficient (Wildman–Crippen LogP) is 2.61. The van der Waals surface area contributed by atoms with Crippen molar-refractivity contribution in [3.63, 3.8) is 0 Å². The highest BCUT2D eigenvalue weighted by Crippen LogP contribution is 2.23. The number of fused-ring (bicyclic) bond motifs is 1. The lowest BCUT2D eigenvalue weighted by Crippen LogP contribution is -2.09. The number of hydrogen-bond acceptors (Lipinski definition) is 3. The van der Waals surface area contributed by atoms with Gasteiger partial charge < -0.3 is 5.73 Å². The Labute approximate surface area is 93.3 Å². The van der Waals surface area contributed by atoms with Crippen molar-refractivity contribution < 1.29 is 0 Å². The molecule has 0 aliphatic rings. The summed E-state index contributed by atoms with van der Waals surface area (Å²) in [5.74, 6) is 0.733. The van der Waals surface area contributed by atoms with Crippen molar-refractivity contribution in [2.45, 2.75) is 19.9 Å². The Morgan fingerprint density at radius 2 is 2.07 bits per heavy atom. The first-order chi connectivity index (χ1) is 7.08. The topological polar surface area (TPSA) is 51.8 Å². The van der Waals surface area contributed by atoms with Crippen LogP contribution in [-0.2, 0) is 0 Å². The Bertz CT molecular complexity index is 508. The monoisotopic (exact) mass is 221 g/mol. The first-order valence-electron chi connectivity index (χ1n) is 4.77. The largest absolute Gasteiger partial charge is 0.323 e.